The van der Waals surface area contributed by atoms with Gasteiger partial charge in [0.2, 0.25) is 0 Å². The van der Waals surface area contributed by atoms with Gasteiger partial charge in [-0.2, -0.15) is 0 Å². The van der Waals surface area contributed by atoms with Crippen molar-refractivity contribution in [3.63, 3.8) is 0 Å². The maximum Gasteiger partial charge on any atom is 0.00533 e. The second kappa shape index (κ2) is 6.91. The van der Waals surface area contributed by atoms with Crippen molar-refractivity contribution in [3.05, 3.63) is 0 Å². The van der Waals surface area contributed by atoms with Gasteiger partial charge in [0.1, 0.15) is 0 Å². The fraction of sp³-hybridized carbons (Fsp3) is 1.00. The molecule has 1 heterocycles. The van der Waals surface area contributed by atoms with E-state index in [1.807, 2.05) is 0 Å². The van der Waals surface area contributed by atoms with E-state index in [4.69, 9.17) is 0 Å². The number of hydrogen-bond acceptors (Lipinski definition) is 2. The van der Waals surface area contributed by atoms with E-state index in [9.17, 15) is 0 Å². The summed E-state index contributed by atoms with van der Waals surface area (Å²) >= 11 is 0. The molecular weight excluding hydrogens is 220 g/mol. The Kier molecular flexibility index (Phi) is 6.13. The second-order valence-electron chi connectivity index (χ2n) is 7.43. The molecule has 2 nitrogen and oxygen atoms in total. The molecule has 18 heavy (non-hydrogen) atoms. The monoisotopic (exact) mass is 254 g/mol. The average molecular weight is 254 g/mol. The normalized spacial score (nSPS) is 25.0. The van der Waals surface area contributed by atoms with Crippen molar-refractivity contribution in [3.8, 4) is 0 Å². The first kappa shape index (κ1) is 16.0. The van der Waals surface area contributed by atoms with Gasteiger partial charge in [-0.05, 0) is 36.1 Å². The van der Waals surface area contributed by atoms with Crippen molar-refractivity contribution in [2.45, 2.75) is 48.0 Å². The smallest absolute Gasteiger partial charge is 0.00533 e. The van der Waals surface area contributed by atoms with E-state index in [0.717, 1.165) is 17.8 Å². The topological polar surface area (TPSA) is 15.3 Å². The fourth-order valence-electron chi connectivity index (χ4n) is 3.26. The van der Waals surface area contributed by atoms with Crippen molar-refractivity contribution in [1.29, 1.82) is 0 Å². The first-order valence-corrected chi connectivity index (χ1v) is 7.79. The number of hydrogen-bond donors (Lipinski definition) is 1. The van der Waals surface area contributed by atoms with Crippen LogP contribution in [0.25, 0.3) is 0 Å². The SMILES string of the molecule is CC(C)CN(CC(C)C)CC1(C(C)C)CCNC1. The standard InChI is InChI=1S/C16H34N2/c1-13(2)9-18(10-14(3)4)12-16(15(5)6)7-8-17-11-16/h13-15,17H,7-12H2,1-6H3. The molecule has 0 radical (unpaired) electrons. The quantitative estimate of drug-likeness (QED) is 0.750. The van der Waals surface area contributed by atoms with Crippen LogP contribution in [0.5, 0.6) is 0 Å². The zero-order valence-electron chi connectivity index (χ0n) is 13.4. The lowest BCUT2D eigenvalue weighted by Crippen LogP contribution is -2.45. The van der Waals surface area contributed by atoms with Gasteiger partial charge in [-0.3, -0.25) is 0 Å². The summed E-state index contributed by atoms with van der Waals surface area (Å²) < 4.78 is 0. The molecule has 0 amide bonds. The summed E-state index contributed by atoms with van der Waals surface area (Å²) in [6.45, 7) is 20.3. The van der Waals surface area contributed by atoms with E-state index < -0.39 is 0 Å². The van der Waals surface area contributed by atoms with Gasteiger partial charge < -0.3 is 10.2 Å². The molecule has 108 valence electrons. The zero-order valence-corrected chi connectivity index (χ0v) is 13.4. The Hall–Kier alpha value is -0.0800. The van der Waals surface area contributed by atoms with Gasteiger partial charge in [-0.15, -0.1) is 0 Å². The largest absolute Gasteiger partial charge is 0.316 e. The highest BCUT2D eigenvalue weighted by Gasteiger charge is 2.38. The summed E-state index contributed by atoms with van der Waals surface area (Å²) in [7, 11) is 0. The lowest BCUT2D eigenvalue weighted by Gasteiger charge is -2.39. The highest BCUT2D eigenvalue weighted by Crippen LogP contribution is 2.35. The first-order chi connectivity index (χ1) is 8.35. The van der Waals surface area contributed by atoms with Crippen molar-refractivity contribution < 1.29 is 0 Å². The third kappa shape index (κ3) is 4.55. The van der Waals surface area contributed by atoms with Crippen LogP contribution in [0.2, 0.25) is 0 Å². The van der Waals surface area contributed by atoms with Crippen LogP contribution in [0.4, 0.5) is 0 Å². The van der Waals surface area contributed by atoms with Crippen LogP contribution in [-0.4, -0.2) is 37.6 Å². The zero-order chi connectivity index (χ0) is 13.8. The van der Waals surface area contributed by atoms with Crippen LogP contribution in [0, 0.1) is 23.2 Å². The molecule has 1 N–H and O–H groups in total. The number of nitrogens with zero attached hydrogens (tertiary/aromatic N) is 1. The maximum absolute atomic E-state index is 3.58. The number of nitrogens with one attached hydrogen (secondary N) is 1. The molecule has 1 aliphatic rings. The van der Waals surface area contributed by atoms with E-state index >= 15 is 0 Å². The van der Waals surface area contributed by atoms with E-state index in [1.54, 1.807) is 0 Å². The summed E-state index contributed by atoms with van der Waals surface area (Å²) in [4.78, 5) is 2.71. The molecule has 0 aromatic rings. The third-order valence-corrected chi connectivity index (χ3v) is 4.29. The molecule has 1 fully saturated rings. The summed E-state index contributed by atoms with van der Waals surface area (Å²) in [6, 6.07) is 0. The molecule has 0 saturated carbocycles. The van der Waals surface area contributed by atoms with E-state index in [2.05, 4.69) is 51.8 Å². The second-order valence-corrected chi connectivity index (χ2v) is 7.43. The average Bonchev–Trinajstić information content (AvgIpc) is 2.65. The molecule has 0 spiro atoms. The van der Waals surface area contributed by atoms with Crippen LogP contribution >= 0.6 is 0 Å². The molecule has 0 aromatic carbocycles. The Bertz CT molecular complexity index is 217. The third-order valence-electron chi connectivity index (χ3n) is 4.29. The minimum atomic E-state index is 0.504. The van der Waals surface area contributed by atoms with Gasteiger partial charge in [-0.25, -0.2) is 0 Å². The molecule has 0 bridgehead atoms. The van der Waals surface area contributed by atoms with E-state index in [0.29, 0.717) is 5.41 Å². The Morgan fingerprint density at radius 3 is 1.89 bits per heavy atom. The highest BCUT2D eigenvalue weighted by atomic mass is 15.1. The predicted octanol–water partition coefficient (Wildman–Crippen LogP) is 3.24. The van der Waals surface area contributed by atoms with Crippen LogP contribution in [0.3, 0.4) is 0 Å². The minimum absolute atomic E-state index is 0.504. The maximum atomic E-state index is 3.58. The molecule has 0 aromatic heterocycles. The van der Waals surface area contributed by atoms with Gasteiger partial charge in [0, 0.05) is 26.2 Å². The van der Waals surface area contributed by atoms with Crippen LogP contribution in [-0.2, 0) is 0 Å². The summed E-state index contributed by atoms with van der Waals surface area (Å²) in [5.74, 6) is 2.30. The van der Waals surface area contributed by atoms with Crippen molar-refractivity contribution in [1.82, 2.24) is 10.2 Å². The summed E-state index contributed by atoms with van der Waals surface area (Å²) in [6.07, 6.45) is 1.34. The van der Waals surface area contributed by atoms with Crippen molar-refractivity contribution >= 4 is 0 Å². The van der Waals surface area contributed by atoms with Crippen LogP contribution < -0.4 is 5.32 Å². The first-order valence-electron chi connectivity index (χ1n) is 7.79. The Morgan fingerprint density at radius 2 is 1.56 bits per heavy atom. The molecule has 1 unspecified atom stereocenters. The predicted molar refractivity (Wildman–Crippen MR) is 80.9 cm³/mol. The number of rotatable bonds is 7. The molecule has 1 rings (SSSR count). The lowest BCUT2D eigenvalue weighted by atomic mass is 9.76. The molecule has 1 aliphatic heterocycles. The summed E-state index contributed by atoms with van der Waals surface area (Å²) in [5, 5.41) is 3.58. The Balaban J connectivity index is 2.67. The molecule has 2 heteroatoms. The van der Waals surface area contributed by atoms with Crippen LogP contribution in [0.15, 0.2) is 0 Å². The van der Waals surface area contributed by atoms with Gasteiger partial charge in [0.15, 0.2) is 0 Å². The Labute approximate surface area is 115 Å². The minimum Gasteiger partial charge on any atom is -0.316 e. The van der Waals surface area contributed by atoms with Gasteiger partial charge in [0.05, 0.1) is 0 Å². The van der Waals surface area contributed by atoms with E-state index in [-0.39, 0.29) is 0 Å². The Morgan fingerprint density at radius 1 is 1.00 bits per heavy atom. The molecule has 1 atom stereocenters. The molecule has 1 saturated heterocycles. The molecule has 0 aliphatic carbocycles. The summed E-state index contributed by atoms with van der Waals surface area (Å²) in [5.41, 5.74) is 0.504. The van der Waals surface area contributed by atoms with Gasteiger partial charge >= 0.3 is 0 Å². The van der Waals surface area contributed by atoms with Crippen LogP contribution in [0.1, 0.15) is 48.0 Å². The highest BCUT2D eigenvalue weighted by molar-refractivity contribution is 4.93. The molecular formula is C16H34N2. The van der Waals surface area contributed by atoms with Gasteiger partial charge in [-0.1, -0.05) is 41.5 Å². The van der Waals surface area contributed by atoms with E-state index in [1.165, 1.54) is 39.1 Å². The fourth-order valence-corrected chi connectivity index (χ4v) is 3.26. The van der Waals surface area contributed by atoms with Gasteiger partial charge in [0.25, 0.3) is 0 Å². The lowest BCUT2D eigenvalue weighted by molar-refractivity contribution is 0.0992. The van der Waals surface area contributed by atoms with Crippen molar-refractivity contribution in [2.75, 3.05) is 32.7 Å². The van der Waals surface area contributed by atoms with Crippen molar-refractivity contribution in [2.24, 2.45) is 23.2 Å².